The third-order valence-corrected chi connectivity index (χ3v) is 3.93. The lowest BCUT2D eigenvalue weighted by Crippen LogP contribution is -2.27. The third kappa shape index (κ3) is 3.22. The number of alkyl halides is 2. The first kappa shape index (κ1) is 14.5. The number of hydrogen-bond donors (Lipinski definition) is 2. The molecule has 5 nitrogen and oxygen atoms in total. The van der Waals surface area contributed by atoms with Crippen LogP contribution >= 0.6 is 11.3 Å². The van der Waals surface area contributed by atoms with E-state index in [1.807, 2.05) is 29.6 Å². The van der Waals surface area contributed by atoms with Crippen molar-refractivity contribution in [2.75, 3.05) is 5.32 Å². The molecule has 0 saturated carbocycles. The molecule has 2 aromatic heterocycles. The predicted molar refractivity (Wildman–Crippen MR) is 81.2 cm³/mol. The van der Waals surface area contributed by atoms with Gasteiger partial charge in [0.15, 0.2) is 0 Å². The Labute approximate surface area is 128 Å². The van der Waals surface area contributed by atoms with Gasteiger partial charge in [0.25, 0.3) is 0 Å². The second kappa shape index (κ2) is 6.10. The molecule has 3 rings (SSSR count). The Morgan fingerprint density at radius 1 is 1.36 bits per heavy atom. The zero-order valence-electron chi connectivity index (χ0n) is 11.3. The summed E-state index contributed by atoms with van der Waals surface area (Å²) in [7, 11) is 0. The van der Waals surface area contributed by atoms with E-state index in [2.05, 4.69) is 15.7 Å². The summed E-state index contributed by atoms with van der Waals surface area (Å²) in [5.74, 6) is 0. The monoisotopic (exact) mass is 322 g/mol. The molecule has 0 aliphatic rings. The number of urea groups is 1. The number of benzene rings is 1. The van der Waals surface area contributed by atoms with Gasteiger partial charge < -0.3 is 10.6 Å². The van der Waals surface area contributed by atoms with Gasteiger partial charge in [-0.15, -0.1) is 11.3 Å². The summed E-state index contributed by atoms with van der Waals surface area (Å²) in [5, 5.41) is 11.7. The van der Waals surface area contributed by atoms with E-state index in [1.165, 1.54) is 10.9 Å². The van der Waals surface area contributed by atoms with E-state index in [9.17, 15) is 13.6 Å². The number of rotatable bonds is 4. The SMILES string of the molecule is O=C(NCc1ccc2sccc2c1)Nc1cnn(C(F)F)c1. The van der Waals surface area contributed by atoms with E-state index >= 15 is 0 Å². The highest BCUT2D eigenvalue weighted by molar-refractivity contribution is 7.17. The van der Waals surface area contributed by atoms with Gasteiger partial charge in [-0.2, -0.15) is 13.9 Å². The van der Waals surface area contributed by atoms with Gasteiger partial charge in [0.05, 0.1) is 18.1 Å². The summed E-state index contributed by atoms with van der Waals surface area (Å²) >= 11 is 1.66. The lowest BCUT2D eigenvalue weighted by molar-refractivity contribution is 0.0566. The first-order chi connectivity index (χ1) is 10.6. The van der Waals surface area contributed by atoms with Crippen LogP contribution in [0.15, 0.2) is 42.0 Å². The fourth-order valence-corrected chi connectivity index (χ4v) is 2.76. The number of carbonyl (C=O) groups excluding carboxylic acids is 1. The summed E-state index contributed by atoms with van der Waals surface area (Å²) in [5.41, 5.74) is 1.18. The molecule has 2 amide bonds. The van der Waals surface area contributed by atoms with Crippen LogP contribution in [0.3, 0.4) is 0 Å². The Morgan fingerprint density at radius 3 is 3.00 bits per heavy atom. The molecule has 22 heavy (non-hydrogen) atoms. The molecule has 0 radical (unpaired) electrons. The van der Waals surface area contributed by atoms with E-state index in [-0.39, 0.29) is 5.69 Å². The smallest absolute Gasteiger partial charge is 0.333 e. The molecule has 2 N–H and O–H groups in total. The summed E-state index contributed by atoms with van der Waals surface area (Å²) in [6.07, 6.45) is 2.24. The maximum atomic E-state index is 12.4. The Balaban J connectivity index is 1.57. The second-order valence-corrected chi connectivity index (χ2v) is 5.53. The number of amides is 2. The molecule has 0 aliphatic carbocycles. The van der Waals surface area contributed by atoms with Crippen LogP contribution in [0.1, 0.15) is 12.1 Å². The topological polar surface area (TPSA) is 59.0 Å². The molecule has 0 saturated heterocycles. The molecule has 0 bridgehead atoms. The maximum Gasteiger partial charge on any atom is 0.333 e. The maximum absolute atomic E-state index is 12.4. The average molecular weight is 322 g/mol. The number of hydrogen-bond acceptors (Lipinski definition) is 3. The van der Waals surface area contributed by atoms with Gasteiger partial charge in [-0.25, -0.2) is 9.48 Å². The van der Waals surface area contributed by atoms with E-state index in [1.54, 1.807) is 11.3 Å². The van der Waals surface area contributed by atoms with E-state index in [0.717, 1.165) is 17.1 Å². The van der Waals surface area contributed by atoms with Crippen LogP contribution in [0.25, 0.3) is 10.1 Å². The minimum atomic E-state index is -2.73. The minimum Gasteiger partial charge on any atom is -0.334 e. The number of nitrogens with one attached hydrogen (secondary N) is 2. The Hall–Kier alpha value is -2.48. The van der Waals surface area contributed by atoms with Gasteiger partial charge in [0.1, 0.15) is 0 Å². The quantitative estimate of drug-likeness (QED) is 0.767. The first-order valence-corrected chi connectivity index (χ1v) is 7.33. The number of nitrogens with zero attached hydrogens (tertiary/aromatic N) is 2. The van der Waals surface area contributed by atoms with Crippen molar-refractivity contribution >= 4 is 33.1 Å². The third-order valence-electron chi connectivity index (χ3n) is 3.03. The molecule has 3 aromatic rings. The summed E-state index contributed by atoms with van der Waals surface area (Å²) in [6.45, 7) is -2.38. The number of halogens is 2. The van der Waals surface area contributed by atoms with Crippen molar-refractivity contribution in [2.24, 2.45) is 0 Å². The molecule has 8 heteroatoms. The van der Waals surface area contributed by atoms with Crippen LogP contribution in [0, 0.1) is 0 Å². The minimum absolute atomic E-state index is 0.214. The molecular formula is C14H12F2N4OS. The molecule has 0 aliphatic heterocycles. The summed E-state index contributed by atoms with van der Waals surface area (Å²) in [6, 6.07) is 7.48. The number of fused-ring (bicyclic) bond motifs is 1. The zero-order chi connectivity index (χ0) is 15.5. The highest BCUT2D eigenvalue weighted by atomic mass is 32.1. The molecule has 0 unspecified atom stereocenters. The fraction of sp³-hybridized carbons (Fsp3) is 0.143. The molecule has 2 heterocycles. The van der Waals surface area contributed by atoms with Crippen LogP contribution in [0.5, 0.6) is 0 Å². The second-order valence-electron chi connectivity index (χ2n) is 4.59. The number of aromatic nitrogens is 2. The van der Waals surface area contributed by atoms with Crippen LogP contribution in [0.2, 0.25) is 0 Å². The van der Waals surface area contributed by atoms with Gasteiger partial charge in [-0.05, 0) is 34.5 Å². The van der Waals surface area contributed by atoms with Gasteiger partial charge in [0, 0.05) is 11.2 Å². The van der Waals surface area contributed by atoms with Crippen molar-refractivity contribution < 1.29 is 13.6 Å². The summed E-state index contributed by atoms with van der Waals surface area (Å²) < 4.78 is 26.4. The standard InChI is InChI=1S/C14H12F2N4OS/c15-13(16)20-8-11(7-18-20)19-14(21)17-6-9-1-2-12-10(5-9)3-4-22-12/h1-5,7-8,13H,6H2,(H2,17,19,21). The van der Waals surface area contributed by atoms with Crippen LogP contribution in [-0.4, -0.2) is 15.8 Å². The molecular weight excluding hydrogens is 310 g/mol. The first-order valence-electron chi connectivity index (χ1n) is 6.45. The van der Waals surface area contributed by atoms with Crippen molar-refractivity contribution in [3.8, 4) is 0 Å². The predicted octanol–water partition coefficient (Wildman–Crippen LogP) is 3.81. The fourth-order valence-electron chi connectivity index (χ4n) is 1.99. The Morgan fingerprint density at radius 2 is 2.23 bits per heavy atom. The van der Waals surface area contributed by atoms with E-state index in [0.29, 0.717) is 11.2 Å². The zero-order valence-corrected chi connectivity index (χ0v) is 12.1. The summed E-state index contributed by atoms with van der Waals surface area (Å²) in [4.78, 5) is 11.7. The van der Waals surface area contributed by atoms with Gasteiger partial charge in [-0.1, -0.05) is 6.07 Å². The van der Waals surface area contributed by atoms with Crippen molar-refractivity contribution in [3.63, 3.8) is 0 Å². The molecule has 114 valence electrons. The number of thiophene rings is 1. The Bertz CT molecular complexity index is 799. The van der Waals surface area contributed by atoms with Gasteiger partial charge in [0.2, 0.25) is 0 Å². The number of carbonyl (C=O) groups is 1. The normalized spacial score (nSPS) is 11.0. The lowest BCUT2D eigenvalue weighted by atomic mass is 10.2. The molecule has 0 atom stereocenters. The number of anilines is 1. The van der Waals surface area contributed by atoms with Gasteiger partial charge >= 0.3 is 12.6 Å². The molecule has 0 fully saturated rings. The Kier molecular flexibility index (Phi) is 4.01. The van der Waals surface area contributed by atoms with Crippen LogP contribution in [0.4, 0.5) is 19.3 Å². The lowest BCUT2D eigenvalue weighted by Gasteiger charge is -2.06. The van der Waals surface area contributed by atoms with E-state index < -0.39 is 12.6 Å². The molecule has 1 aromatic carbocycles. The highest BCUT2D eigenvalue weighted by Crippen LogP contribution is 2.21. The highest BCUT2D eigenvalue weighted by Gasteiger charge is 2.09. The van der Waals surface area contributed by atoms with Crippen molar-refractivity contribution in [2.45, 2.75) is 13.1 Å². The van der Waals surface area contributed by atoms with E-state index in [4.69, 9.17) is 0 Å². The van der Waals surface area contributed by atoms with Crippen LogP contribution < -0.4 is 10.6 Å². The van der Waals surface area contributed by atoms with Crippen LogP contribution in [-0.2, 0) is 6.54 Å². The van der Waals surface area contributed by atoms with Gasteiger partial charge in [-0.3, -0.25) is 0 Å². The van der Waals surface area contributed by atoms with Crippen molar-refractivity contribution in [3.05, 3.63) is 47.6 Å². The average Bonchev–Trinajstić information content (AvgIpc) is 3.13. The van der Waals surface area contributed by atoms with Crippen molar-refractivity contribution in [1.29, 1.82) is 0 Å². The molecule has 0 spiro atoms. The largest absolute Gasteiger partial charge is 0.334 e. The van der Waals surface area contributed by atoms with Crippen molar-refractivity contribution in [1.82, 2.24) is 15.1 Å².